The fourth-order valence-electron chi connectivity index (χ4n) is 3.46. The lowest BCUT2D eigenvalue weighted by atomic mass is 9.96. The molecule has 32 heavy (non-hydrogen) atoms. The average molecular weight is 455 g/mol. The second-order valence-corrected chi connectivity index (χ2v) is 9.31. The van der Waals surface area contributed by atoms with E-state index in [1.165, 1.54) is 0 Å². The van der Waals surface area contributed by atoms with E-state index in [9.17, 15) is 4.79 Å². The molecule has 0 aliphatic carbocycles. The largest absolute Gasteiger partial charge is 0.369 e. The zero-order valence-corrected chi connectivity index (χ0v) is 20.3. The number of carbonyl (C=O) groups is 1. The zero-order chi connectivity index (χ0) is 22.9. The molecule has 7 nitrogen and oxygen atoms in total. The molecule has 0 aliphatic heterocycles. The van der Waals surface area contributed by atoms with Crippen LogP contribution in [0.1, 0.15) is 52.0 Å². The van der Waals surface area contributed by atoms with Crippen molar-refractivity contribution in [1.82, 2.24) is 25.1 Å². The second kappa shape index (κ2) is 11.9. The molecule has 172 valence electrons. The molecule has 0 bridgehead atoms. The van der Waals surface area contributed by atoms with E-state index in [4.69, 9.17) is 9.97 Å². The first-order chi connectivity index (χ1) is 15.5. The summed E-state index contributed by atoms with van der Waals surface area (Å²) in [4.78, 5) is 22.2. The fraction of sp³-hybridized carbons (Fsp3) is 0.500. The van der Waals surface area contributed by atoms with E-state index in [1.807, 2.05) is 48.1 Å². The van der Waals surface area contributed by atoms with E-state index >= 15 is 0 Å². The highest BCUT2D eigenvalue weighted by Crippen LogP contribution is 2.25. The molecule has 2 N–H and O–H groups in total. The molecule has 0 fully saturated rings. The lowest BCUT2D eigenvalue weighted by molar-refractivity contribution is -0.122. The Morgan fingerprint density at radius 1 is 1.16 bits per heavy atom. The summed E-state index contributed by atoms with van der Waals surface area (Å²) in [5.41, 5.74) is 1.84. The van der Waals surface area contributed by atoms with E-state index in [2.05, 4.69) is 36.5 Å². The maximum atomic E-state index is 12.8. The number of nitrogens with zero attached hydrogens (tertiary/aromatic N) is 4. The highest BCUT2D eigenvalue weighted by atomic mass is 32.2. The Balaban J connectivity index is 1.72. The van der Waals surface area contributed by atoms with E-state index < -0.39 is 0 Å². The van der Waals surface area contributed by atoms with E-state index in [-0.39, 0.29) is 11.8 Å². The van der Waals surface area contributed by atoms with Crippen LogP contribution in [0.3, 0.4) is 0 Å². The SMILES string of the molecule is CCCSc1nc(NCC(C)C)c2cnn(CCNC(=O)C(CC)c3ccccc3)c2n1. The molecule has 1 unspecified atom stereocenters. The number of thioether (sulfide) groups is 1. The number of carbonyl (C=O) groups excluding carboxylic acids is 1. The molecular weight excluding hydrogens is 420 g/mol. The Labute approximate surface area is 194 Å². The van der Waals surface area contributed by atoms with E-state index in [1.54, 1.807) is 11.8 Å². The third-order valence-corrected chi connectivity index (χ3v) is 6.19. The van der Waals surface area contributed by atoms with Crippen LogP contribution < -0.4 is 10.6 Å². The lowest BCUT2D eigenvalue weighted by Crippen LogP contribution is -2.32. The van der Waals surface area contributed by atoms with Gasteiger partial charge in [-0.05, 0) is 24.3 Å². The number of rotatable bonds is 12. The molecule has 1 aromatic carbocycles. The first-order valence-electron chi connectivity index (χ1n) is 11.5. The van der Waals surface area contributed by atoms with Crippen LogP contribution in [-0.2, 0) is 11.3 Å². The van der Waals surface area contributed by atoms with Crippen molar-refractivity contribution in [3.63, 3.8) is 0 Å². The van der Waals surface area contributed by atoms with E-state index in [0.717, 1.165) is 52.7 Å². The highest BCUT2D eigenvalue weighted by Gasteiger charge is 2.18. The predicted octanol–water partition coefficient (Wildman–Crippen LogP) is 4.71. The van der Waals surface area contributed by atoms with Crippen LogP contribution in [0.5, 0.6) is 0 Å². The van der Waals surface area contributed by atoms with Crippen LogP contribution in [0, 0.1) is 5.92 Å². The van der Waals surface area contributed by atoms with Crippen molar-refractivity contribution < 1.29 is 4.79 Å². The van der Waals surface area contributed by atoms with Gasteiger partial charge in [-0.2, -0.15) is 5.10 Å². The first kappa shape index (κ1) is 24.0. The van der Waals surface area contributed by atoms with Gasteiger partial charge in [-0.15, -0.1) is 0 Å². The van der Waals surface area contributed by atoms with Crippen molar-refractivity contribution in [3.05, 3.63) is 42.1 Å². The molecule has 2 heterocycles. The van der Waals surface area contributed by atoms with Crippen molar-refractivity contribution in [1.29, 1.82) is 0 Å². The fourth-order valence-corrected chi connectivity index (χ4v) is 4.15. The third kappa shape index (κ3) is 6.22. The molecule has 2 aromatic heterocycles. The summed E-state index contributed by atoms with van der Waals surface area (Å²) in [5.74, 6) is 2.21. The van der Waals surface area contributed by atoms with Gasteiger partial charge in [0.25, 0.3) is 0 Å². The van der Waals surface area contributed by atoms with Crippen molar-refractivity contribution in [3.8, 4) is 0 Å². The summed E-state index contributed by atoms with van der Waals surface area (Å²) in [6, 6.07) is 9.93. The van der Waals surface area contributed by atoms with Crippen LogP contribution >= 0.6 is 11.8 Å². The van der Waals surface area contributed by atoms with Crippen molar-refractivity contribution >= 4 is 34.5 Å². The van der Waals surface area contributed by atoms with Crippen LogP contribution in [0.15, 0.2) is 41.7 Å². The monoisotopic (exact) mass is 454 g/mol. The van der Waals surface area contributed by atoms with Gasteiger partial charge >= 0.3 is 0 Å². The maximum Gasteiger partial charge on any atom is 0.227 e. The summed E-state index contributed by atoms with van der Waals surface area (Å²) in [5, 5.41) is 12.7. The minimum Gasteiger partial charge on any atom is -0.369 e. The van der Waals surface area contributed by atoms with Crippen molar-refractivity contribution in [2.24, 2.45) is 5.92 Å². The van der Waals surface area contributed by atoms with Crippen LogP contribution in [0.25, 0.3) is 11.0 Å². The molecule has 1 atom stereocenters. The zero-order valence-electron chi connectivity index (χ0n) is 19.5. The number of nitrogens with one attached hydrogen (secondary N) is 2. The quantitative estimate of drug-likeness (QED) is 0.305. The third-order valence-electron chi connectivity index (χ3n) is 5.14. The van der Waals surface area contributed by atoms with Gasteiger partial charge in [0.15, 0.2) is 10.8 Å². The molecule has 0 aliphatic rings. The number of aromatic nitrogens is 4. The minimum atomic E-state index is -0.142. The van der Waals surface area contributed by atoms with Crippen LogP contribution in [-0.4, -0.2) is 44.5 Å². The smallest absolute Gasteiger partial charge is 0.227 e. The number of hydrogen-bond acceptors (Lipinski definition) is 6. The van der Waals surface area contributed by atoms with Gasteiger partial charge in [-0.25, -0.2) is 14.6 Å². The molecule has 3 aromatic rings. The minimum absolute atomic E-state index is 0.0447. The predicted molar refractivity (Wildman–Crippen MR) is 132 cm³/mol. The molecule has 0 saturated carbocycles. The summed E-state index contributed by atoms with van der Waals surface area (Å²) < 4.78 is 1.86. The maximum absolute atomic E-state index is 12.8. The summed E-state index contributed by atoms with van der Waals surface area (Å²) >= 11 is 1.66. The van der Waals surface area contributed by atoms with Gasteiger partial charge in [0.2, 0.25) is 5.91 Å². The Bertz CT molecular complexity index is 1000. The van der Waals surface area contributed by atoms with Crippen molar-refractivity contribution in [2.45, 2.75) is 58.2 Å². The van der Waals surface area contributed by atoms with Crippen LogP contribution in [0.2, 0.25) is 0 Å². The van der Waals surface area contributed by atoms with Gasteiger partial charge in [-0.1, -0.05) is 69.8 Å². The van der Waals surface area contributed by atoms with Gasteiger partial charge in [-0.3, -0.25) is 4.79 Å². The van der Waals surface area contributed by atoms with Gasteiger partial charge < -0.3 is 10.6 Å². The number of amides is 1. The molecule has 1 amide bonds. The van der Waals surface area contributed by atoms with Gasteiger partial charge in [0, 0.05) is 18.8 Å². The summed E-state index contributed by atoms with van der Waals surface area (Å²) in [6.07, 6.45) is 3.63. The normalized spacial score (nSPS) is 12.3. The highest BCUT2D eigenvalue weighted by molar-refractivity contribution is 7.99. The van der Waals surface area contributed by atoms with Gasteiger partial charge in [0.05, 0.1) is 24.0 Å². The molecule has 0 spiro atoms. The standard InChI is InChI=1S/C24H34N6OS/c1-5-14-32-24-28-21(26-15-17(3)4)20-16-27-30(22(20)29-24)13-12-25-23(31)19(6-2)18-10-8-7-9-11-18/h7-11,16-17,19H,5-6,12-15H2,1-4H3,(H,25,31)(H,26,28,29). The number of fused-ring (bicyclic) bond motifs is 1. The average Bonchev–Trinajstić information content (AvgIpc) is 3.20. The Morgan fingerprint density at radius 3 is 2.62 bits per heavy atom. The van der Waals surface area contributed by atoms with Crippen molar-refractivity contribution in [2.75, 3.05) is 24.2 Å². The van der Waals surface area contributed by atoms with Gasteiger partial charge in [0.1, 0.15) is 5.82 Å². The molecule has 3 rings (SSSR count). The first-order valence-corrected chi connectivity index (χ1v) is 12.4. The lowest BCUT2D eigenvalue weighted by Gasteiger charge is -2.15. The molecule has 8 heteroatoms. The number of hydrogen-bond donors (Lipinski definition) is 2. The summed E-state index contributed by atoms with van der Waals surface area (Å²) in [7, 11) is 0. The van der Waals surface area contributed by atoms with E-state index in [0.29, 0.717) is 19.0 Å². The molecular formula is C24H34N6OS. The topological polar surface area (TPSA) is 84.7 Å². The number of anilines is 1. The molecule has 0 radical (unpaired) electrons. The second-order valence-electron chi connectivity index (χ2n) is 8.25. The Kier molecular flexibility index (Phi) is 8.90. The Morgan fingerprint density at radius 2 is 1.94 bits per heavy atom. The Hall–Kier alpha value is -2.61. The summed E-state index contributed by atoms with van der Waals surface area (Å²) in [6.45, 7) is 10.4. The van der Waals surface area contributed by atoms with Crippen LogP contribution in [0.4, 0.5) is 5.82 Å². The number of benzene rings is 1. The molecule has 0 saturated heterocycles.